The predicted octanol–water partition coefficient (Wildman–Crippen LogP) is 5.36. The second kappa shape index (κ2) is 13.9. The zero-order valence-corrected chi connectivity index (χ0v) is 23.7. The summed E-state index contributed by atoms with van der Waals surface area (Å²) < 4.78 is 11.4. The van der Waals surface area contributed by atoms with Crippen molar-refractivity contribution in [3.8, 4) is 11.1 Å². The van der Waals surface area contributed by atoms with E-state index in [9.17, 15) is 19.5 Å². The topological polar surface area (TPSA) is 114 Å². The lowest BCUT2D eigenvalue weighted by Crippen LogP contribution is -2.51. The van der Waals surface area contributed by atoms with Crippen LogP contribution in [0.5, 0.6) is 0 Å². The average Bonchev–Trinajstić information content (AvgIpc) is 3.29. The zero-order valence-electron chi connectivity index (χ0n) is 23.7. The normalized spacial score (nSPS) is 14.4. The molecule has 0 spiro atoms. The molecule has 3 unspecified atom stereocenters. The van der Waals surface area contributed by atoms with Crippen LogP contribution < -0.4 is 10.6 Å². The molecule has 41 heavy (non-hydrogen) atoms. The first-order chi connectivity index (χ1) is 19.7. The molecule has 0 fully saturated rings. The van der Waals surface area contributed by atoms with E-state index in [1.54, 1.807) is 6.92 Å². The number of rotatable bonds is 13. The second-order valence-corrected chi connectivity index (χ2v) is 10.9. The molecule has 0 heterocycles. The molecule has 3 atom stereocenters. The van der Waals surface area contributed by atoms with Crippen LogP contribution in [0.3, 0.4) is 0 Å². The van der Waals surface area contributed by atoms with Crippen molar-refractivity contribution in [3.05, 3.63) is 95.6 Å². The van der Waals surface area contributed by atoms with Gasteiger partial charge in [-0.1, -0.05) is 92.7 Å². The monoisotopic (exact) mass is 558 g/mol. The molecule has 3 aromatic carbocycles. The number of ether oxygens (including phenoxy) is 2. The maximum Gasteiger partial charge on any atom is 0.407 e. The molecule has 8 heteroatoms. The number of carbonyl (C=O) groups excluding carboxylic acids is 2. The standard InChI is InChI=1S/C33H38N2O6/c1-21(2)17-24(31(36)35-30(32(37)38)22(3)40-19-23-11-5-4-6-12-23)18-34-33(39)41-20-29-27-15-9-7-13-25(27)26-14-8-10-16-28(26)29/h4-16,21-22,24,29-30H,17-20H2,1-3H3,(H,34,39)(H,35,36)(H,37,38). The summed E-state index contributed by atoms with van der Waals surface area (Å²) >= 11 is 0. The Balaban J connectivity index is 1.33. The van der Waals surface area contributed by atoms with E-state index in [0.717, 1.165) is 27.8 Å². The molecule has 0 saturated heterocycles. The Morgan fingerprint density at radius 2 is 1.44 bits per heavy atom. The molecular formula is C33H38N2O6. The highest BCUT2D eigenvalue weighted by molar-refractivity contribution is 5.86. The van der Waals surface area contributed by atoms with Crippen molar-refractivity contribution in [3.63, 3.8) is 0 Å². The van der Waals surface area contributed by atoms with Gasteiger partial charge >= 0.3 is 12.1 Å². The Kier molecular flexibility index (Phi) is 10.1. The number of hydrogen-bond acceptors (Lipinski definition) is 5. The lowest BCUT2D eigenvalue weighted by molar-refractivity contribution is -0.147. The minimum absolute atomic E-state index is 0.0201. The summed E-state index contributed by atoms with van der Waals surface area (Å²) in [5.41, 5.74) is 5.41. The van der Waals surface area contributed by atoms with Crippen molar-refractivity contribution in [1.82, 2.24) is 10.6 Å². The van der Waals surface area contributed by atoms with E-state index in [0.29, 0.717) is 6.42 Å². The third-order valence-corrected chi connectivity index (χ3v) is 7.35. The molecule has 4 rings (SSSR count). The lowest BCUT2D eigenvalue weighted by atomic mass is 9.95. The number of benzene rings is 3. The van der Waals surface area contributed by atoms with Gasteiger partial charge in [-0.25, -0.2) is 9.59 Å². The van der Waals surface area contributed by atoms with E-state index in [1.807, 2.05) is 80.6 Å². The first-order valence-corrected chi connectivity index (χ1v) is 14.0. The van der Waals surface area contributed by atoms with Gasteiger partial charge in [0, 0.05) is 12.5 Å². The smallest absolute Gasteiger partial charge is 0.407 e. The van der Waals surface area contributed by atoms with Gasteiger partial charge in [0.05, 0.1) is 18.6 Å². The van der Waals surface area contributed by atoms with Crippen molar-refractivity contribution in [1.29, 1.82) is 0 Å². The molecule has 216 valence electrons. The fourth-order valence-corrected chi connectivity index (χ4v) is 5.26. The molecular weight excluding hydrogens is 520 g/mol. The first kappa shape index (κ1) is 29.8. The molecule has 0 aliphatic heterocycles. The summed E-state index contributed by atoms with van der Waals surface area (Å²) in [6.45, 7) is 5.96. The van der Waals surface area contributed by atoms with Crippen molar-refractivity contribution >= 4 is 18.0 Å². The quantitative estimate of drug-likeness (QED) is 0.260. The Bertz CT molecular complexity index is 1300. The summed E-state index contributed by atoms with van der Waals surface area (Å²) in [4.78, 5) is 37.9. The van der Waals surface area contributed by atoms with Gasteiger partial charge in [0.1, 0.15) is 6.61 Å². The highest BCUT2D eigenvalue weighted by Gasteiger charge is 2.32. The molecule has 0 bridgehead atoms. The van der Waals surface area contributed by atoms with Gasteiger partial charge in [0.15, 0.2) is 6.04 Å². The van der Waals surface area contributed by atoms with Crippen LogP contribution in [0.4, 0.5) is 4.79 Å². The van der Waals surface area contributed by atoms with Crippen LogP contribution in [0.1, 0.15) is 49.8 Å². The third kappa shape index (κ3) is 7.73. The number of amides is 2. The van der Waals surface area contributed by atoms with Crippen molar-refractivity contribution in [2.45, 2.75) is 51.9 Å². The summed E-state index contributed by atoms with van der Waals surface area (Å²) in [6.07, 6.45) is -0.935. The number of carbonyl (C=O) groups is 3. The predicted molar refractivity (Wildman–Crippen MR) is 156 cm³/mol. The number of carboxylic acids is 1. The molecule has 1 aliphatic rings. The first-order valence-electron chi connectivity index (χ1n) is 14.0. The third-order valence-electron chi connectivity index (χ3n) is 7.35. The van der Waals surface area contributed by atoms with Crippen LogP contribution >= 0.6 is 0 Å². The maximum atomic E-state index is 13.2. The fourth-order valence-electron chi connectivity index (χ4n) is 5.26. The average molecular weight is 559 g/mol. The summed E-state index contributed by atoms with van der Waals surface area (Å²) in [5.74, 6) is -2.22. The van der Waals surface area contributed by atoms with Crippen LogP contribution in [0.2, 0.25) is 0 Å². The summed E-state index contributed by atoms with van der Waals surface area (Å²) in [7, 11) is 0. The van der Waals surface area contributed by atoms with E-state index >= 15 is 0 Å². The van der Waals surface area contributed by atoms with E-state index in [-0.39, 0.29) is 31.6 Å². The number of carboxylic acid groups (broad SMARTS) is 1. The Hall–Kier alpha value is -4.17. The second-order valence-electron chi connectivity index (χ2n) is 10.9. The molecule has 8 nitrogen and oxygen atoms in total. The van der Waals surface area contributed by atoms with Gasteiger partial charge in [-0.05, 0) is 47.1 Å². The van der Waals surface area contributed by atoms with Gasteiger partial charge in [0.25, 0.3) is 0 Å². The molecule has 2 amide bonds. The van der Waals surface area contributed by atoms with E-state index in [1.165, 1.54) is 0 Å². The van der Waals surface area contributed by atoms with Gasteiger partial charge < -0.3 is 25.2 Å². The molecule has 0 radical (unpaired) electrons. The van der Waals surface area contributed by atoms with Gasteiger partial charge in [-0.3, -0.25) is 4.79 Å². The van der Waals surface area contributed by atoms with Gasteiger partial charge in [-0.15, -0.1) is 0 Å². The van der Waals surface area contributed by atoms with E-state index in [4.69, 9.17) is 9.47 Å². The maximum absolute atomic E-state index is 13.2. The van der Waals surface area contributed by atoms with Crippen molar-refractivity contribution in [2.75, 3.05) is 13.2 Å². The minimum atomic E-state index is -1.24. The number of nitrogens with one attached hydrogen (secondary N) is 2. The fraction of sp³-hybridized carbons (Fsp3) is 0.364. The number of fused-ring (bicyclic) bond motifs is 3. The number of alkyl carbamates (subject to hydrolysis) is 1. The molecule has 0 saturated carbocycles. The Morgan fingerprint density at radius 3 is 2.02 bits per heavy atom. The van der Waals surface area contributed by atoms with Crippen LogP contribution in [0, 0.1) is 11.8 Å². The highest BCUT2D eigenvalue weighted by Crippen LogP contribution is 2.44. The molecule has 0 aromatic heterocycles. The zero-order chi connectivity index (χ0) is 29.4. The van der Waals surface area contributed by atoms with Crippen molar-refractivity contribution < 1.29 is 29.0 Å². The molecule has 1 aliphatic carbocycles. The van der Waals surface area contributed by atoms with Gasteiger partial charge in [0.2, 0.25) is 5.91 Å². The minimum Gasteiger partial charge on any atom is -0.480 e. The molecule has 3 aromatic rings. The van der Waals surface area contributed by atoms with Gasteiger partial charge in [-0.2, -0.15) is 0 Å². The number of hydrogen-bond donors (Lipinski definition) is 3. The highest BCUT2D eigenvalue weighted by atomic mass is 16.5. The SMILES string of the molecule is CC(C)CC(CNC(=O)OCC1c2ccccc2-c2ccccc21)C(=O)NC(C(=O)O)C(C)OCc1ccccc1. The Labute approximate surface area is 241 Å². The van der Waals surface area contributed by atoms with E-state index in [2.05, 4.69) is 22.8 Å². The van der Waals surface area contributed by atoms with Crippen LogP contribution in [-0.4, -0.2) is 48.4 Å². The van der Waals surface area contributed by atoms with Crippen LogP contribution in [0.15, 0.2) is 78.9 Å². The molecule has 3 N–H and O–H groups in total. The largest absolute Gasteiger partial charge is 0.480 e. The Morgan fingerprint density at radius 1 is 0.854 bits per heavy atom. The van der Waals surface area contributed by atoms with Crippen molar-refractivity contribution in [2.24, 2.45) is 11.8 Å². The lowest BCUT2D eigenvalue weighted by Gasteiger charge is -2.25. The van der Waals surface area contributed by atoms with E-state index < -0.39 is 36.0 Å². The summed E-state index contributed by atoms with van der Waals surface area (Å²) in [5, 5.41) is 15.1. The number of aliphatic carboxylic acids is 1. The van der Waals surface area contributed by atoms with Crippen LogP contribution in [-0.2, 0) is 25.7 Å². The summed E-state index contributed by atoms with van der Waals surface area (Å²) in [6, 6.07) is 24.4. The van der Waals surface area contributed by atoms with Crippen LogP contribution in [0.25, 0.3) is 11.1 Å².